The van der Waals surface area contributed by atoms with Crippen LogP contribution < -0.4 is 16.0 Å². The van der Waals surface area contributed by atoms with Gasteiger partial charge in [0.05, 0.1) is 12.1 Å². The van der Waals surface area contributed by atoms with Gasteiger partial charge in [0.1, 0.15) is 5.75 Å². The molecule has 2 aromatic carbocycles. The van der Waals surface area contributed by atoms with Gasteiger partial charge in [-0.15, -0.1) is 0 Å². The fourth-order valence-corrected chi connectivity index (χ4v) is 2.70. The molecule has 0 spiro atoms. The lowest BCUT2D eigenvalue weighted by atomic mass is 9.98. The Hall–Kier alpha value is -1.11. The maximum absolute atomic E-state index is 5.88. The first-order valence-electron chi connectivity index (χ1n) is 6.59. The topological polar surface area (TPSA) is 47.3 Å². The van der Waals surface area contributed by atoms with E-state index in [-0.39, 0.29) is 12.1 Å². The summed E-state index contributed by atoms with van der Waals surface area (Å²) in [7, 11) is 0. The lowest BCUT2D eigenvalue weighted by Gasteiger charge is -2.21. The second kappa shape index (κ2) is 7.06. The smallest absolute Gasteiger partial charge is 0.124 e. The van der Waals surface area contributed by atoms with Gasteiger partial charge in [-0.25, -0.2) is 5.43 Å². The third kappa shape index (κ3) is 3.71. The first-order valence-corrected chi connectivity index (χ1v) is 7.67. The highest BCUT2D eigenvalue weighted by Crippen LogP contribution is 2.30. The molecule has 0 amide bonds. The SMILES string of the molecule is CC(C)Oc1ccccc1C(NN)c1cccc(I)c1. The average Bonchev–Trinajstić information content (AvgIpc) is 2.41. The maximum Gasteiger partial charge on any atom is 0.124 e. The Kier molecular flexibility index (Phi) is 5.39. The fourth-order valence-electron chi connectivity index (χ4n) is 2.13. The van der Waals surface area contributed by atoms with E-state index in [9.17, 15) is 0 Å². The number of nitrogens with one attached hydrogen (secondary N) is 1. The molecule has 0 saturated carbocycles. The molecular formula is C16H19IN2O. The molecule has 0 aromatic heterocycles. The first kappa shape index (κ1) is 15.3. The molecule has 0 heterocycles. The standard InChI is InChI=1S/C16H19IN2O/c1-11(2)20-15-9-4-3-8-14(15)16(19-18)12-6-5-7-13(17)10-12/h3-11,16,19H,18H2,1-2H3. The van der Waals surface area contributed by atoms with Crippen molar-refractivity contribution in [2.45, 2.75) is 26.0 Å². The Morgan fingerprint density at radius 2 is 1.85 bits per heavy atom. The van der Waals surface area contributed by atoms with Crippen LogP contribution in [0.4, 0.5) is 0 Å². The summed E-state index contributed by atoms with van der Waals surface area (Å²) in [6.07, 6.45) is 0.130. The molecule has 2 aromatic rings. The Labute approximate surface area is 133 Å². The number of benzene rings is 2. The van der Waals surface area contributed by atoms with Crippen LogP contribution in [-0.2, 0) is 0 Å². The Morgan fingerprint density at radius 3 is 2.50 bits per heavy atom. The van der Waals surface area contributed by atoms with Crippen LogP contribution in [0.25, 0.3) is 0 Å². The van der Waals surface area contributed by atoms with E-state index in [0.717, 1.165) is 16.9 Å². The first-order chi connectivity index (χ1) is 9.61. The molecule has 0 radical (unpaired) electrons. The summed E-state index contributed by atoms with van der Waals surface area (Å²) < 4.78 is 7.07. The van der Waals surface area contributed by atoms with Gasteiger partial charge in [0.2, 0.25) is 0 Å². The zero-order chi connectivity index (χ0) is 14.5. The van der Waals surface area contributed by atoms with Crippen molar-refractivity contribution in [1.29, 1.82) is 0 Å². The number of halogens is 1. The van der Waals surface area contributed by atoms with Gasteiger partial charge < -0.3 is 4.74 Å². The van der Waals surface area contributed by atoms with Gasteiger partial charge in [0.25, 0.3) is 0 Å². The Morgan fingerprint density at radius 1 is 1.10 bits per heavy atom. The van der Waals surface area contributed by atoms with Crippen molar-refractivity contribution < 1.29 is 4.74 Å². The number of ether oxygens (including phenoxy) is 1. The summed E-state index contributed by atoms with van der Waals surface area (Å²) in [6, 6.07) is 16.2. The summed E-state index contributed by atoms with van der Waals surface area (Å²) >= 11 is 2.30. The molecule has 4 heteroatoms. The molecule has 0 aliphatic heterocycles. The molecule has 3 nitrogen and oxygen atoms in total. The number of hydrogen-bond acceptors (Lipinski definition) is 3. The molecule has 0 fully saturated rings. The van der Waals surface area contributed by atoms with Crippen molar-refractivity contribution in [1.82, 2.24) is 5.43 Å². The molecule has 1 atom stereocenters. The molecular weight excluding hydrogens is 363 g/mol. The maximum atomic E-state index is 5.88. The summed E-state index contributed by atoms with van der Waals surface area (Å²) in [5.74, 6) is 6.64. The van der Waals surface area contributed by atoms with Crippen LogP contribution in [0, 0.1) is 3.57 Å². The third-order valence-electron chi connectivity index (χ3n) is 2.94. The van der Waals surface area contributed by atoms with Gasteiger partial charge >= 0.3 is 0 Å². The van der Waals surface area contributed by atoms with Crippen LogP contribution in [-0.4, -0.2) is 6.10 Å². The van der Waals surface area contributed by atoms with E-state index in [2.05, 4.69) is 46.2 Å². The third-order valence-corrected chi connectivity index (χ3v) is 3.61. The highest BCUT2D eigenvalue weighted by atomic mass is 127. The molecule has 106 valence electrons. The van der Waals surface area contributed by atoms with Crippen molar-refractivity contribution in [3.63, 3.8) is 0 Å². The normalized spacial score (nSPS) is 12.4. The number of para-hydroxylation sites is 1. The molecule has 0 aliphatic rings. The van der Waals surface area contributed by atoms with Gasteiger partial charge in [0, 0.05) is 9.13 Å². The minimum absolute atomic E-state index is 0.0836. The molecule has 0 saturated heterocycles. The van der Waals surface area contributed by atoms with Crippen LogP contribution in [0.1, 0.15) is 31.0 Å². The Bertz CT molecular complexity index is 572. The van der Waals surface area contributed by atoms with Crippen molar-refractivity contribution in [2.24, 2.45) is 5.84 Å². The molecule has 0 bridgehead atoms. The quantitative estimate of drug-likeness (QED) is 0.472. The van der Waals surface area contributed by atoms with Crippen LogP contribution in [0.2, 0.25) is 0 Å². The van der Waals surface area contributed by atoms with Crippen LogP contribution in [0.5, 0.6) is 5.75 Å². The monoisotopic (exact) mass is 382 g/mol. The van der Waals surface area contributed by atoms with Crippen LogP contribution >= 0.6 is 22.6 Å². The number of nitrogens with two attached hydrogens (primary N) is 1. The molecule has 1 unspecified atom stereocenters. The van der Waals surface area contributed by atoms with E-state index >= 15 is 0 Å². The predicted molar refractivity (Wildman–Crippen MR) is 90.5 cm³/mol. The van der Waals surface area contributed by atoms with Crippen molar-refractivity contribution >= 4 is 22.6 Å². The number of hydrogen-bond donors (Lipinski definition) is 2. The molecule has 20 heavy (non-hydrogen) atoms. The summed E-state index contributed by atoms with van der Waals surface area (Å²) in [6.45, 7) is 4.04. The van der Waals surface area contributed by atoms with Gasteiger partial charge in [-0.2, -0.15) is 0 Å². The van der Waals surface area contributed by atoms with Crippen molar-refractivity contribution in [3.05, 3.63) is 63.2 Å². The second-order valence-electron chi connectivity index (χ2n) is 4.86. The second-order valence-corrected chi connectivity index (χ2v) is 6.10. The predicted octanol–water partition coefficient (Wildman–Crippen LogP) is 3.63. The van der Waals surface area contributed by atoms with E-state index in [1.54, 1.807) is 0 Å². The van der Waals surface area contributed by atoms with Gasteiger partial charge in [0.15, 0.2) is 0 Å². The number of rotatable bonds is 5. The average molecular weight is 382 g/mol. The van der Waals surface area contributed by atoms with E-state index in [1.807, 2.05) is 44.2 Å². The van der Waals surface area contributed by atoms with Crippen LogP contribution in [0.3, 0.4) is 0 Å². The zero-order valence-corrected chi connectivity index (χ0v) is 13.8. The largest absolute Gasteiger partial charge is 0.491 e. The fraction of sp³-hybridized carbons (Fsp3) is 0.250. The summed E-state index contributed by atoms with van der Waals surface area (Å²) in [5, 5.41) is 0. The Balaban J connectivity index is 2.41. The van der Waals surface area contributed by atoms with Gasteiger partial charge in [-0.3, -0.25) is 5.84 Å². The summed E-state index contributed by atoms with van der Waals surface area (Å²) in [5.41, 5.74) is 5.06. The lowest BCUT2D eigenvalue weighted by molar-refractivity contribution is 0.238. The van der Waals surface area contributed by atoms with E-state index in [1.165, 1.54) is 3.57 Å². The van der Waals surface area contributed by atoms with Crippen LogP contribution in [0.15, 0.2) is 48.5 Å². The van der Waals surface area contributed by atoms with E-state index < -0.39 is 0 Å². The zero-order valence-electron chi connectivity index (χ0n) is 11.6. The van der Waals surface area contributed by atoms with E-state index in [0.29, 0.717) is 0 Å². The number of hydrazine groups is 1. The highest BCUT2D eigenvalue weighted by molar-refractivity contribution is 14.1. The highest BCUT2D eigenvalue weighted by Gasteiger charge is 2.17. The van der Waals surface area contributed by atoms with Gasteiger partial charge in [-0.1, -0.05) is 30.3 Å². The van der Waals surface area contributed by atoms with E-state index in [4.69, 9.17) is 10.6 Å². The lowest BCUT2D eigenvalue weighted by Crippen LogP contribution is -2.29. The summed E-state index contributed by atoms with van der Waals surface area (Å²) in [4.78, 5) is 0. The molecule has 2 rings (SSSR count). The molecule has 3 N–H and O–H groups in total. The molecule has 0 aliphatic carbocycles. The van der Waals surface area contributed by atoms with Gasteiger partial charge in [-0.05, 0) is 60.2 Å². The minimum atomic E-state index is -0.0836. The van der Waals surface area contributed by atoms with Crippen molar-refractivity contribution in [3.8, 4) is 5.75 Å². The van der Waals surface area contributed by atoms with Crippen molar-refractivity contribution in [2.75, 3.05) is 0 Å². The minimum Gasteiger partial charge on any atom is -0.491 e.